The number of aromatic nitrogens is 1. The Morgan fingerprint density at radius 1 is 1.18 bits per heavy atom. The molecule has 0 atom stereocenters. The lowest BCUT2D eigenvalue weighted by molar-refractivity contribution is 0.306. The van der Waals surface area contributed by atoms with Crippen molar-refractivity contribution in [3.63, 3.8) is 0 Å². The van der Waals surface area contributed by atoms with Crippen molar-refractivity contribution >= 4 is 11.6 Å². The van der Waals surface area contributed by atoms with Gasteiger partial charge >= 0.3 is 0 Å². The molecule has 0 bridgehead atoms. The fraction of sp³-hybridized carbons (Fsp3) is 0.214. The molecule has 0 aliphatic rings. The Morgan fingerprint density at radius 3 is 2.53 bits per heavy atom. The Bertz CT molecular complexity index is 505. The van der Waals surface area contributed by atoms with Crippen LogP contribution in [0.4, 0.5) is 0 Å². The number of hydrogen-bond acceptors (Lipinski definition) is 2. The van der Waals surface area contributed by atoms with E-state index in [9.17, 15) is 0 Å². The molecule has 0 aliphatic carbocycles. The van der Waals surface area contributed by atoms with Crippen LogP contribution in [0.2, 0.25) is 5.02 Å². The highest BCUT2D eigenvalue weighted by molar-refractivity contribution is 6.31. The maximum Gasteiger partial charge on any atom is 0.120 e. The third kappa shape index (κ3) is 3.21. The summed E-state index contributed by atoms with van der Waals surface area (Å²) in [6.45, 7) is 4.57. The second kappa shape index (κ2) is 5.19. The van der Waals surface area contributed by atoms with E-state index in [0.717, 1.165) is 11.3 Å². The van der Waals surface area contributed by atoms with Crippen molar-refractivity contribution in [3.8, 4) is 5.75 Å². The molecular weight excluding hydrogens is 234 g/mol. The molecule has 17 heavy (non-hydrogen) atoms. The van der Waals surface area contributed by atoms with Crippen molar-refractivity contribution in [3.05, 3.63) is 58.4 Å². The highest BCUT2D eigenvalue weighted by Gasteiger charge is 2.01. The minimum atomic E-state index is 0.463. The Morgan fingerprint density at radius 2 is 1.88 bits per heavy atom. The van der Waals surface area contributed by atoms with Crippen LogP contribution in [0.25, 0.3) is 0 Å². The summed E-state index contributed by atoms with van der Waals surface area (Å²) in [4.78, 5) is 3.94. The molecule has 0 fully saturated rings. The van der Waals surface area contributed by atoms with Crippen molar-refractivity contribution in [2.75, 3.05) is 0 Å². The van der Waals surface area contributed by atoms with Crippen LogP contribution in [0.3, 0.4) is 0 Å². The van der Waals surface area contributed by atoms with E-state index in [4.69, 9.17) is 16.3 Å². The van der Waals surface area contributed by atoms with Gasteiger partial charge in [-0.3, -0.25) is 4.98 Å². The number of aryl methyl sites for hydroxylation is 2. The molecule has 1 aromatic carbocycles. The summed E-state index contributed by atoms with van der Waals surface area (Å²) in [6.07, 6.45) is 3.34. The maximum atomic E-state index is 6.01. The summed E-state index contributed by atoms with van der Waals surface area (Å²) in [7, 11) is 0. The standard InChI is InChI=1S/C14H14ClNO/c1-10-5-11(2)7-13(6-10)17-9-12-3-4-16-8-14(12)15/h3-8H,9H2,1-2H3. The van der Waals surface area contributed by atoms with Crippen molar-refractivity contribution in [1.29, 1.82) is 0 Å². The summed E-state index contributed by atoms with van der Waals surface area (Å²) < 4.78 is 5.72. The summed E-state index contributed by atoms with van der Waals surface area (Å²) in [6, 6.07) is 8.02. The average Bonchev–Trinajstić information content (AvgIpc) is 2.27. The van der Waals surface area contributed by atoms with Gasteiger partial charge in [0, 0.05) is 18.0 Å². The van der Waals surface area contributed by atoms with Gasteiger partial charge in [-0.2, -0.15) is 0 Å². The first kappa shape index (κ1) is 11.9. The topological polar surface area (TPSA) is 22.1 Å². The number of pyridine rings is 1. The lowest BCUT2D eigenvalue weighted by atomic mass is 10.1. The highest BCUT2D eigenvalue weighted by Crippen LogP contribution is 2.20. The molecular formula is C14H14ClNO. The molecule has 0 aliphatic heterocycles. The Hall–Kier alpha value is -1.54. The van der Waals surface area contributed by atoms with Crippen LogP contribution in [0.1, 0.15) is 16.7 Å². The van der Waals surface area contributed by atoms with Gasteiger partial charge in [-0.1, -0.05) is 17.7 Å². The van der Waals surface area contributed by atoms with Gasteiger partial charge in [-0.25, -0.2) is 0 Å². The second-order valence-electron chi connectivity index (χ2n) is 4.08. The predicted octanol–water partition coefficient (Wildman–Crippen LogP) is 3.93. The lowest BCUT2D eigenvalue weighted by Crippen LogP contribution is -1.97. The zero-order valence-electron chi connectivity index (χ0n) is 9.90. The van der Waals surface area contributed by atoms with Gasteiger partial charge in [0.15, 0.2) is 0 Å². The molecule has 0 N–H and O–H groups in total. The van der Waals surface area contributed by atoms with Crippen LogP contribution >= 0.6 is 11.6 Å². The maximum absolute atomic E-state index is 6.01. The molecule has 0 spiro atoms. The van der Waals surface area contributed by atoms with Gasteiger partial charge in [-0.15, -0.1) is 0 Å². The number of benzene rings is 1. The quantitative estimate of drug-likeness (QED) is 0.820. The van der Waals surface area contributed by atoms with Gasteiger partial charge in [0.25, 0.3) is 0 Å². The Balaban J connectivity index is 2.10. The molecule has 0 saturated heterocycles. The Labute approximate surface area is 106 Å². The van der Waals surface area contributed by atoms with Crippen LogP contribution in [0.5, 0.6) is 5.75 Å². The van der Waals surface area contributed by atoms with E-state index < -0.39 is 0 Å². The fourth-order valence-corrected chi connectivity index (χ4v) is 1.87. The molecule has 0 amide bonds. The number of ether oxygens (including phenoxy) is 1. The second-order valence-corrected chi connectivity index (χ2v) is 4.49. The number of rotatable bonds is 3. The molecule has 2 nitrogen and oxygen atoms in total. The predicted molar refractivity (Wildman–Crippen MR) is 69.5 cm³/mol. The molecule has 0 saturated carbocycles. The number of hydrogen-bond donors (Lipinski definition) is 0. The van der Waals surface area contributed by atoms with E-state index >= 15 is 0 Å². The Kier molecular flexibility index (Phi) is 3.64. The van der Waals surface area contributed by atoms with E-state index in [0.29, 0.717) is 11.6 Å². The smallest absolute Gasteiger partial charge is 0.120 e. The summed E-state index contributed by atoms with van der Waals surface area (Å²) in [5.41, 5.74) is 3.34. The molecule has 0 unspecified atom stereocenters. The zero-order valence-corrected chi connectivity index (χ0v) is 10.7. The minimum absolute atomic E-state index is 0.463. The number of halogens is 1. The first-order valence-corrected chi connectivity index (χ1v) is 5.82. The summed E-state index contributed by atoms with van der Waals surface area (Å²) >= 11 is 6.01. The van der Waals surface area contributed by atoms with Crippen LogP contribution in [-0.2, 0) is 6.61 Å². The first-order valence-electron chi connectivity index (χ1n) is 5.44. The fourth-order valence-electron chi connectivity index (χ4n) is 1.70. The first-order chi connectivity index (χ1) is 8.15. The van der Waals surface area contributed by atoms with Gasteiger partial charge in [0.05, 0.1) is 5.02 Å². The summed E-state index contributed by atoms with van der Waals surface area (Å²) in [5.74, 6) is 0.871. The molecule has 1 aromatic heterocycles. The van der Waals surface area contributed by atoms with E-state index in [1.807, 2.05) is 18.2 Å². The average molecular weight is 248 g/mol. The van der Waals surface area contributed by atoms with Crippen molar-refractivity contribution < 1.29 is 4.74 Å². The SMILES string of the molecule is Cc1cc(C)cc(OCc2ccncc2Cl)c1. The molecule has 88 valence electrons. The van der Waals surface area contributed by atoms with Crippen molar-refractivity contribution in [2.24, 2.45) is 0 Å². The van der Waals surface area contributed by atoms with E-state index in [1.165, 1.54) is 11.1 Å². The van der Waals surface area contributed by atoms with Crippen LogP contribution < -0.4 is 4.74 Å². The molecule has 2 aromatic rings. The number of nitrogens with zero attached hydrogens (tertiary/aromatic N) is 1. The van der Waals surface area contributed by atoms with Crippen LogP contribution in [0.15, 0.2) is 36.7 Å². The molecule has 1 heterocycles. The largest absolute Gasteiger partial charge is 0.489 e. The van der Waals surface area contributed by atoms with Gasteiger partial charge in [0.2, 0.25) is 0 Å². The van der Waals surface area contributed by atoms with Crippen molar-refractivity contribution in [2.45, 2.75) is 20.5 Å². The highest BCUT2D eigenvalue weighted by atomic mass is 35.5. The van der Waals surface area contributed by atoms with Gasteiger partial charge < -0.3 is 4.74 Å². The minimum Gasteiger partial charge on any atom is -0.489 e. The van der Waals surface area contributed by atoms with Gasteiger partial charge in [0.1, 0.15) is 12.4 Å². The van der Waals surface area contributed by atoms with Gasteiger partial charge in [-0.05, 0) is 43.2 Å². The normalized spacial score (nSPS) is 10.3. The van der Waals surface area contributed by atoms with E-state index in [1.54, 1.807) is 12.4 Å². The molecule has 3 heteroatoms. The third-order valence-electron chi connectivity index (χ3n) is 2.45. The summed E-state index contributed by atoms with van der Waals surface area (Å²) in [5, 5.41) is 0.636. The van der Waals surface area contributed by atoms with Crippen molar-refractivity contribution in [1.82, 2.24) is 4.98 Å². The zero-order chi connectivity index (χ0) is 12.3. The van der Waals surface area contributed by atoms with Crippen LogP contribution in [0, 0.1) is 13.8 Å². The van der Waals surface area contributed by atoms with E-state index in [-0.39, 0.29) is 0 Å². The lowest BCUT2D eigenvalue weighted by Gasteiger charge is -2.09. The monoisotopic (exact) mass is 247 g/mol. The molecule has 0 radical (unpaired) electrons. The van der Waals surface area contributed by atoms with E-state index in [2.05, 4.69) is 24.9 Å². The molecule has 2 rings (SSSR count). The van der Waals surface area contributed by atoms with Crippen LogP contribution in [-0.4, -0.2) is 4.98 Å². The third-order valence-corrected chi connectivity index (χ3v) is 2.79.